The zero-order valence-corrected chi connectivity index (χ0v) is 24.4. The predicted octanol–water partition coefficient (Wildman–Crippen LogP) is -7.57. The molecule has 27 heavy (non-hydrogen) atoms. The maximum absolute atomic E-state index is 13.6. The molecule has 2 rings (SSSR count). The summed E-state index contributed by atoms with van der Waals surface area (Å²) in [6.45, 7) is 0. The van der Waals surface area contributed by atoms with Crippen LogP contribution in [-0.2, 0) is 22.4 Å². The van der Waals surface area contributed by atoms with Gasteiger partial charge in [-0.1, -0.05) is 28.1 Å². The topological polar surface area (TPSA) is 116 Å². The summed E-state index contributed by atoms with van der Waals surface area (Å²) in [5.41, 5.74) is -4.57. The third-order valence-corrected chi connectivity index (χ3v) is 5.72. The molecule has 0 saturated carbocycles. The van der Waals surface area contributed by atoms with Crippen LogP contribution in [0.4, 0.5) is 8.78 Å². The van der Waals surface area contributed by atoms with Crippen LogP contribution in [-0.4, -0.2) is 21.3 Å². The standard InChI is InChI=1S/C12H13BrF2N4O3PS.3Na/c13-10-6-8(3-4-9(10)12(14,15)23(20,21)22)7-24-5-1-2-11-16-18-19-17-11;;;/h3-4,6H,1-2,5,7H2,(H2-,16,17,18,19,20,21,22);;;/q-1;3*+1/p-2. The van der Waals surface area contributed by atoms with Crippen LogP contribution in [0.1, 0.15) is 23.4 Å². The summed E-state index contributed by atoms with van der Waals surface area (Å²) in [5, 5.41) is 14.2. The van der Waals surface area contributed by atoms with Crippen LogP contribution in [0.2, 0.25) is 0 Å². The zero-order chi connectivity index (χ0) is 17.8. The Morgan fingerprint density at radius 1 is 1.26 bits per heavy atom. The summed E-state index contributed by atoms with van der Waals surface area (Å²) in [5.74, 6) is 1.92. The molecule has 0 radical (unpaired) electrons. The minimum absolute atomic E-state index is 0. The monoisotopic (exact) mass is 508 g/mol. The van der Waals surface area contributed by atoms with E-state index in [1.807, 2.05) is 0 Å². The molecule has 1 aromatic carbocycles. The molecule has 0 bridgehead atoms. The van der Waals surface area contributed by atoms with E-state index in [4.69, 9.17) is 0 Å². The van der Waals surface area contributed by atoms with Gasteiger partial charge in [0, 0.05) is 29.2 Å². The minimum atomic E-state index is -6.08. The first-order chi connectivity index (χ1) is 11.2. The first-order valence-electron chi connectivity index (χ1n) is 6.66. The van der Waals surface area contributed by atoms with Crippen molar-refractivity contribution in [2.24, 2.45) is 0 Å². The van der Waals surface area contributed by atoms with Crippen molar-refractivity contribution in [3.05, 3.63) is 39.6 Å². The molecule has 1 heterocycles. The first-order valence-corrected chi connectivity index (χ1v) is 10.1. The minimum Gasteiger partial charge on any atom is -0.806 e. The molecule has 7 nitrogen and oxygen atoms in total. The van der Waals surface area contributed by atoms with Gasteiger partial charge in [-0.15, -0.1) is 0 Å². The maximum atomic E-state index is 13.6. The van der Waals surface area contributed by atoms with Gasteiger partial charge in [-0.3, -0.25) is 10.3 Å². The average Bonchev–Trinajstić information content (AvgIpc) is 2.99. The van der Waals surface area contributed by atoms with Gasteiger partial charge >= 0.3 is 88.7 Å². The molecule has 0 fully saturated rings. The molecule has 0 amide bonds. The van der Waals surface area contributed by atoms with Crippen LogP contribution in [0.3, 0.4) is 0 Å². The molecular formula is C12H11BrF2N4Na3O3PS. The number of tetrazole rings is 1. The number of rotatable bonds is 8. The van der Waals surface area contributed by atoms with Crippen molar-refractivity contribution in [3.63, 3.8) is 0 Å². The normalized spacial score (nSPS) is 11.1. The Hall–Kier alpha value is 2.13. The Morgan fingerprint density at radius 3 is 2.44 bits per heavy atom. The second kappa shape index (κ2) is 14.2. The molecule has 0 aliphatic heterocycles. The molecule has 0 aliphatic rings. The van der Waals surface area contributed by atoms with Crippen molar-refractivity contribution in [3.8, 4) is 0 Å². The van der Waals surface area contributed by atoms with E-state index < -0.39 is 18.8 Å². The van der Waals surface area contributed by atoms with Crippen molar-refractivity contribution in [2.75, 3.05) is 5.75 Å². The number of benzene rings is 1. The number of thioether (sulfide) groups is 1. The molecule has 0 atom stereocenters. The smallest absolute Gasteiger partial charge is 0.806 e. The zero-order valence-electron chi connectivity index (χ0n) is 15.1. The van der Waals surface area contributed by atoms with Crippen LogP contribution < -0.4 is 104 Å². The third-order valence-electron chi connectivity index (χ3n) is 3.02. The van der Waals surface area contributed by atoms with Crippen molar-refractivity contribution in [1.29, 1.82) is 0 Å². The molecule has 0 spiro atoms. The molecule has 0 aliphatic carbocycles. The van der Waals surface area contributed by atoms with Gasteiger partial charge in [0.15, 0.2) is 0 Å². The number of nitrogens with zero attached hydrogens (tertiary/aromatic N) is 4. The molecule has 1 aromatic heterocycles. The SMILES string of the molecule is O=P([O-])([O-])C(F)(F)c1ccc(CSCCCc2nnn[n-]2)cc1Br.[Na+].[Na+].[Na+]. The van der Waals surface area contributed by atoms with Gasteiger partial charge in [-0.25, -0.2) is 0 Å². The van der Waals surface area contributed by atoms with Crippen molar-refractivity contribution >= 4 is 35.3 Å². The van der Waals surface area contributed by atoms with Crippen LogP contribution in [0.25, 0.3) is 0 Å². The summed E-state index contributed by atoms with van der Waals surface area (Å²) < 4.78 is 37.8. The summed E-state index contributed by atoms with van der Waals surface area (Å²) in [4.78, 5) is 21.4. The molecule has 15 heteroatoms. The Balaban J connectivity index is 0. The van der Waals surface area contributed by atoms with Gasteiger partial charge in [0.05, 0.1) is 0 Å². The van der Waals surface area contributed by atoms with Crippen LogP contribution in [0.15, 0.2) is 22.7 Å². The van der Waals surface area contributed by atoms with E-state index in [0.717, 1.165) is 23.8 Å². The largest absolute Gasteiger partial charge is 1.00 e. The van der Waals surface area contributed by atoms with Crippen molar-refractivity contribution in [2.45, 2.75) is 24.3 Å². The van der Waals surface area contributed by atoms with E-state index in [1.165, 1.54) is 12.1 Å². The van der Waals surface area contributed by atoms with Crippen LogP contribution in [0, 0.1) is 0 Å². The van der Waals surface area contributed by atoms with Gasteiger partial charge in [0.25, 0.3) is 5.66 Å². The number of alkyl halides is 2. The van der Waals surface area contributed by atoms with Crippen molar-refractivity contribution in [1.82, 2.24) is 20.6 Å². The van der Waals surface area contributed by atoms with E-state index in [9.17, 15) is 23.1 Å². The predicted molar refractivity (Wildman–Crippen MR) is 83.3 cm³/mol. The first kappa shape index (κ1) is 31.3. The third kappa shape index (κ3) is 9.43. The van der Waals surface area contributed by atoms with Crippen LogP contribution in [0.5, 0.6) is 0 Å². The van der Waals surface area contributed by atoms with Gasteiger partial charge in [-0.05, 0) is 30.2 Å². The van der Waals surface area contributed by atoms with E-state index in [-0.39, 0.29) is 93.1 Å². The molecule has 0 saturated heterocycles. The second-order valence-electron chi connectivity index (χ2n) is 4.80. The number of aryl methyl sites for hydroxylation is 1. The van der Waals surface area contributed by atoms with Gasteiger partial charge < -0.3 is 19.5 Å². The molecule has 0 N–H and O–H groups in total. The summed E-state index contributed by atoms with van der Waals surface area (Å²) in [6, 6.07) is 3.72. The Labute approximate surface area is 234 Å². The number of hydrogen-bond acceptors (Lipinski definition) is 7. The maximum Gasteiger partial charge on any atom is 1.00 e. The van der Waals surface area contributed by atoms with Gasteiger partial charge in [-0.2, -0.15) is 25.8 Å². The molecule has 0 unspecified atom stereocenters. The van der Waals surface area contributed by atoms with Crippen molar-refractivity contribution < 1.29 is 112 Å². The number of hydrogen-bond donors (Lipinski definition) is 0. The molecule has 132 valence electrons. The van der Waals surface area contributed by atoms with Gasteiger partial charge in [0.1, 0.15) is 0 Å². The number of aromatic nitrogens is 4. The fourth-order valence-corrected chi connectivity index (χ4v) is 4.05. The fraction of sp³-hybridized carbons (Fsp3) is 0.417. The average molecular weight is 509 g/mol. The van der Waals surface area contributed by atoms with E-state index in [1.54, 1.807) is 11.8 Å². The fourth-order valence-electron chi connectivity index (χ4n) is 1.83. The van der Waals surface area contributed by atoms with E-state index in [0.29, 0.717) is 18.0 Å². The Bertz CT molecular complexity index is 743. The Kier molecular flexibility index (Phi) is 16.5. The van der Waals surface area contributed by atoms with Crippen LogP contribution >= 0.6 is 35.3 Å². The summed E-state index contributed by atoms with van der Waals surface area (Å²) in [7, 11) is -6.08. The van der Waals surface area contributed by atoms with E-state index in [2.05, 4.69) is 36.6 Å². The summed E-state index contributed by atoms with van der Waals surface area (Å²) >= 11 is 4.48. The number of halogens is 3. The molecular weight excluding hydrogens is 498 g/mol. The second-order valence-corrected chi connectivity index (χ2v) is 8.32. The molecule has 2 aromatic rings. The Morgan fingerprint density at radius 2 is 1.93 bits per heavy atom. The van der Waals surface area contributed by atoms with E-state index >= 15 is 0 Å². The van der Waals surface area contributed by atoms with Gasteiger partial charge in [0.2, 0.25) is 0 Å². The quantitative estimate of drug-likeness (QED) is 0.196. The summed E-state index contributed by atoms with van der Waals surface area (Å²) in [6.07, 6.45) is 1.46.